The summed E-state index contributed by atoms with van der Waals surface area (Å²) >= 11 is 7.46. The van der Waals surface area contributed by atoms with Crippen molar-refractivity contribution in [2.24, 2.45) is 0 Å². The number of fused-ring (bicyclic) bond motifs is 1. The molecule has 158 valence electrons. The van der Waals surface area contributed by atoms with E-state index in [1.54, 1.807) is 6.07 Å². The second-order valence-electron chi connectivity index (χ2n) is 6.91. The molecule has 0 aliphatic heterocycles. The Morgan fingerprint density at radius 3 is 2.90 bits per heavy atom. The molecule has 1 aliphatic rings. The van der Waals surface area contributed by atoms with Crippen LogP contribution in [0.2, 0.25) is 5.02 Å². The number of carbonyl (C=O) groups excluding carboxylic acids is 1. The summed E-state index contributed by atoms with van der Waals surface area (Å²) in [6, 6.07) is 9.17. The molecule has 0 radical (unpaired) electrons. The first kappa shape index (κ1) is 20.9. The third-order valence-electron chi connectivity index (χ3n) is 4.89. The average molecular weight is 458 g/mol. The molecule has 1 aromatic carbocycles. The number of rotatable bonds is 6. The molecule has 0 fully saturated rings. The number of non-ortho nitro benzene ring substituents is 1. The molecule has 1 N–H and O–H groups in total. The van der Waals surface area contributed by atoms with Crippen molar-refractivity contribution in [3.8, 4) is 11.8 Å². The smallest absolute Gasteiger partial charge is 0.292 e. The number of amides is 1. The van der Waals surface area contributed by atoms with Crippen LogP contribution in [0.15, 0.2) is 34.7 Å². The van der Waals surface area contributed by atoms with Gasteiger partial charge in [0.2, 0.25) is 0 Å². The fourth-order valence-corrected chi connectivity index (χ4v) is 4.79. The van der Waals surface area contributed by atoms with E-state index >= 15 is 0 Å². The van der Waals surface area contributed by atoms with Gasteiger partial charge in [-0.15, -0.1) is 11.3 Å². The molecule has 1 amide bonds. The number of hydrogen-bond acceptors (Lipinski definition) is 7. The largest absolute Gasteiger partial charge is 0.484 e. The van der Waals surface area contributed by atoms with Gasteiger partial charge >= 0.3 is 0 Å². The van der Waals surface area contributed by atoms with Gasteiger partial charge in [0.1, 0.15) is 29.2 Å². The Labute approximate surface area is 186 Å². The van der Waals surface area contributed by atoms with Gasteiger partial charge in [-0.25, -0.2) is 0 Å². The Morgan fingerprint density at radius 1 is 1.32 bits per heavy atom. The second kappa shape index (κ2) is 8.79. The predicted molar refractivity (Wildman–Crippen MR) is 115 cm³/mol. The van der Waals surface area contributed by atoms with Gasteiger partial charge in [0.25, 0.3) is 11.6 Å². The molecular weight excluding hydrogens is 442 g/mol. The predicted octanol–water partition coefficient (Wildman–Crippen LogP) is 5.48. The molecule has 2 heterocycles. The van der Waals surface area contributed by atoms with Gasteiger partial charge in [-0.3, -0.25) is 14.9 Å². The Balaban J connectivity index is 1.44. The van der Waals surface area contributed by atoms with E-state index in [-0.39, 0.29) is 28.8 Å². The van der Waals surface area contributed by atoms with Crippen LogP contribution < -0.4 is 10.1 Å². The minimum atomic E-state index is -0.545. The third-order valence-corrected chi connectivity index (χ3v) is 6.41. The molecule has 0 saturated heterocycles. The number of halogens is 1. The highest BCUT2D eigenvalue weighted by atomic mass is 35.5. The van der Waals surface area contributed by atoms with Crippen LogP contribution in [-0.4, -0.2) is 10.8 Å². The number of nitro groups is 1. The van der Waals surface area contributed by atoms with E-state index in [0.717, 1.165) is 36.1 Å². The molecule has 0 spiro atoms. The lowest BCUT2D eigenvalue weighted by Crippen LogP contribution is -2.11. The Morgan fingerprint density at radius 2 is 2.13 bits per heavy atom. The molecule has 31 heavy (non-hydrogen) atoms. The number of hydrogen-bond donors (Lipinski definition) is 1. The lowest BCUT2D eigenvalue weighted by molar-refractivity contribution is -0.384. The Bertz CT molecular complexity index is 1210. The van der Waals surface area contributed by atoms with Crippen molar-refractivity contribution in [1.29, 1.82) is 5.26 Å². The van der Waals surface area contributed by atoms with E-state index in [2.05, 4.69) is 11.4 Å². The molecular formula is C21H16ClN3O5S. The minimum Gasteiger partial charge on any atom is -0.484 e. The summed E-state index contributed by atoms with van der Waals surface area (Å²) in [6.45, 7) is -0.0646. The molecule has 0 atom stereocenters. The number of ether oxygens (including phenoxy) is 1. The fraction of sp³-hybridized carbons (Fsp3) is 0.238. The van der Waals surface area contributed by atoms with Crippen molar-refractivity contribution in [3.05, 3.63) is 73.0 Å². The van der Waals surface area contributed by atoms with Gasteiger partial charge in [0, 0.05) is 10.9 Å². The highest BCUT2D eigenvalue weighted by Gasteiger charge is 2.23. The Kier molecular flexibility index (Phi) is 5.93. The maximum absolute atomic E-state index is 12.6. The summed E-state index contributed by atoms with van der Waals surface area (Å²) in [7, 11) is 0. The lowest BCUT2D eigenvalue weighted by Gasteiger charge is -2.09. The maximum atomic E-state index is 12.6. The first-order valence-corrected chi connectivity index (χ1v) is 10.7. The van der Waals surface area contributed by atoms with E-state index < -0.39 is 10.8 Å². The average Bonchev–Trinajstić information content (AvgIpc) is 3.37. The van der Waals surface area contributed by atoms with Crippen molar-refractivity contribution < 1.29 is 18.9 Å². The highest BCUT2D eigenvalue weighted by molar-refractivity contribution is 7.16. The van der Waals surface area contributed by atoms with E-state index in [1.165, 1.54) is 35.6 Å². The number of nitriles is 1. The summed E-state index contributed by atoms with van der Waals surface area (Å²) in [5.41, 5.74) is 1.42. The van der Waals surface area contributed by atoms with Crippen LogP contribution in [-0.2, 0) is 19.4 Å². The van der Waals surface area contributed by atoms with E-state index in [1.807, 2.05) is 0 Å². The number of carbonyl (C=O) groups is 1. The zero-order valence-corrected chi connectivity index (χ0v) is 17.7. The van der Waals surface area contributed by atoms with Crippen LogP contribution in [0.1, 0.15) is 45.2 Å². The fourth-order valence-electron chi connectivity index (χ4n) is 3.38. The van der Waals surface area contributed by atoms with Crippen molar-refractivity contribution in [3.63, 3.8) is 0 Å². The van der Waals surface area contributed by atoms with Crippen LogP contribution in [0.4, 0.5) is 10.7 Å². The first-order chi connectivity index (χ1) is 15.0. The van der Waals surface area contributed by atoms with E-state index in [0.29, 0.717) is 16.3 Å². The molecule has 10 heteroatoms. The summed E-state index contributed by atoms with van der Waals surface area (Å²) in [4.78, 5) is 24.1. The van der Waals surface area contributed by atoms with Gasteiger partial charge < -0.3 is 14.5 Å². The molecule has 0 saturated carbocycles. The summed E-state index contributed by atoms with van der Waals surface area (Å²) in [6.07, 6.45) is 3.91. The van der Waals surface area contributed by atoms with Crippen molar-refractivity contribution in [2.75, 3.05) is 5.32 Å². The van der Waals surface area contributed by atoms with Crippen molar-refractivity contribution >= 4 is 39.5 Å². The van der Waals surface area contributed by atoms with Crippen LogP contribution >= 0.6 is 22.9 Å². The molecule has 0 unspecified atom stereocenters. The van der Waals surface area contributed by atoms with E-state index in [9.17, 15) is 20.2 Å². The molecule has 1 aliphatic carbocycles. The summed E-state index contributed by atoms with van der Waals surface area (Å²) in [5.74, 6) is 0.0912. The van der Waals surface area contributed by atoms with Crippen LogP contribution in [0.25, 0.3) is 0 Å². The van der Waals surface area contributed by atoms with Crippen LogP contribution in [0.5, 0.6) is 5.75 Å². The quantitative estimate of drug-likeness (QED) is 0.386. The number of benzene rings is 1. The first-order valence-electron chi connectivity index (χ1n) is 9.47. The Hall–Kier alpha value is -3.35. The van der Waals surface area contributed by atoms with Crippen LogP contribution in [0.3, 0.4) is 0 Å². The van der Waals surface area contributed by atoms with Crippen molar-refractivity contribution in [1.82, 2.24) is 0 Å². The standard InChI is InChI=1S/C21H16ClN3O5S/c22-16-7-5-12(25(27)28)9-18(16)29-11-13-6-8-17(30-13)20(26)24-21-15(10-23)14-3-1-2-4-19(14)31-21/h5-9H,1-4,11H2,(H,24,26). The number of nitro benzene ring substituents is 1. The summed E-state index contributed by atoms with van der Waals surface area (Å²) in [5, 5.41) is 24.0. The molecule has 8 nitrogen and oxygen atoms in total. The second-order valence-corrected chi connectivity index (χ2v) is 8.42. The van der Waals surface area contributed by atoms with Gasteiger partial charge in [-0.05, 0) is 49.4 Å². The lowest BCUT2D eigenvalue weighted by atomic mass is 9.96. The number of furan rings is 1. The zero-order chi connectivity index (χ0) is 22.0. The number of anilines is 1. The van der Waals surface area contributed by atoms with Gasteiger partial charge in [0.15, 0.2) is 5.76 Å². The third kappa shape index (κ3) is 4.40. The minimum absolute atomic E-state index is 0.0646. The van der Waals surface area contributed by atoms with Gasteiger partial charge in [0.05, 0.1) is 21.6 Å². The SMILES string of the molecule is N#Cc1c(NC(=O)c2ccc(COc3cc([N+](=O)[O-])ccc3Cl)o2)sc2c1CCCC2. The number of nitrogens with zero attached hydrogens (tertiary/aromatic N) is 2. The number of aryl methyl sites for hydroxylation is 1. The van der Waals surface area contributed by atoms with Gasteiger partial charge in [-0.1, -0.05) is 11.6 Å². The monoisotopic (exact) mass is 457 g/mol. The molecule has 4 rings (SSSR count). The molecule has 2 aromatic heterocycles. The van der Waals surface area contributed by atoms with Gasteiger partial charge in [-0.2, -0.15) is 5.26 Å². The topological polar surface area (TPSA) is 118 Å². The molecule has 3 aromatic rings. The maximum Gasteiger partial charge on any atom is 0.292 e. The summed E-state index contributed by atoms with van der Waals surface area (Å²) < 4.78 is 11.1. The normalized spacial score (nSPS) is 12.6. The molecule has 0 bridgehead atoms. The number of nitrogens with one attached hydrogen (secondary N) is 1. The van der Waals surface area contributed by atoms with Crippen molar-refractivity contribution in [2.45, 2.75) is 32.3 Å². The van der Waals surface area contributed by atoms with Crippen LogP contribution in [0, 0.1) is 21.4 Å². The number of thiophene rings is 1. The highest BCUT2D eigenvalue weighted by Crippen LogP contribution is 2.38. The zero-order valence-electron chi connectivity index (χ0n) is 16.1. The van der Waals surface area contributed by atoms with E-state index in [4.69, 9.17) is 20.8 Å².